The molecule has 0 N–H and O–H groups in total. The van der Waals surface area contributed by atoms with Gasteiger partial charge in [0.25, 0.3) is 0 Å². The average Bonchev–Trinajstić information content (AvgIpc) is 2.37. The number of benzene rings is 1. The summed E-state index contributed by atoms with van der Waals surface area (Å²) in [5.41, 5.74) is -0.608. The van der Waals surface area contributed by atoms with Gasteiger partial charge in [-0.15, -0.1) is 0 Å². The van der Waals surface area contributed by atoms with E-state index in [4.69, 9.17) is 0 Å². The van der Waals surface area contributed by atoms with Gasteiger partial charge in [-0.2, -0.15) is 13.2 Å². The third-order valence-corrected chi connectivity index (χ3v) is 3.60. The molecule has 0 bridgehead atoms. The van der Waals surface area contributed by atoms with Crippen LogP contribution in [-0.4, -0.2) is 18.9 Å². The Morgan fingerprint density at radius 1 is 1.32 bits per heavy atom. The quantitative estimate of drug-likeness (QED) is 0.760. The van der Waals surface area contributed by atoms with Crippen LogP contribution in [0.3, 0.4) is 0 Å². The molecule has 1 fully saturated rings. The van der Waals surface area contributed by atoms with E-state index in [9.17, 15) is 18.0 Å². The van der Waals surface area contributed by atoms with Crippen LogP contribution in [0.2, 0.25) is 0 Å². The molecule has 1 atom stereocenters. The van der Waals surface area contributed by atoms with Gasteiger partial charge >= 0.3 is 6.18 Å². The highest BCUT2D eigenvalue weighted by Crippen LogP contribution is 2.35. The molecule has 0 aliphatic carbocycles. The highest BCUT2D eigenvalue weighted by Gasteiger charge is 2.34. The van der Waals surface area contributed by atoms with Crippen LogP contribution in [0.15, 0.2) is 18.2 Å². The first kappa shape index (κ1) is 13.9. The summed E-state index contributed by atoms with van der Waals surface area (Å²) < 4.78 is 38.7. The molecular weight excluding hydrogens is 255 g/mol. The summed E-state index contributed by atoms with van der Waals surface area (Å²) >= 11 is 0. The van der Waals surface area contributed by atoms with Crippen molar-refractivity contribution in [3.8, 4) is 0 Å². The Balaban J connectivity index is 2.40. The first-order valence-electron chi connectivity index (χ1n) is 6.36. The van der Waals surface area contributed by atoms with Gasteiger partial charge in [0.1, 0.15) is 0 Å². The van der Waals surface area contributed by atoms with Crippen molar-refractivity contribution in [1.29, 1.82) is 0 Å². The number of rotatable bonds is 2. The number of nitrogens with zero attached hydrogens (tertiary/aromatic N) is 1. The topological polar surface area (TPSA) is 20.3 Å². The van der Waals surface area contributed by atoms with Crippen LogP contribution in [0.25, 0.3) is 0 Å². The van der Waals surface area contributed by atoms with Gasteiger partial charge in [-0.3, -0.25) is 4.79 Å². The Morgan fingerprint density at radius 3 is 2.63 bits per heavy atom. The lowest BCUT2D eigenvalue weighted by molar-refractivity contribution is -0.137. The van der Waals surface area contributed by atoms with Crippen molar-refractivity contribution in [2.75, 3.05) is 11.4 Å². The molecule has 2 rings (SSSR count). The monoisotopic (exact) mass is 271 g/mol. The molecule has 5 heteroatoms. The summed E-state index contributed by atoms with van der Waals surface area (Å²) in [6.07, 6.45) is -1.16. The Bertz CT molecular complexity index is 470. The maximum atomic E-state index is 12.9. The predicted octanol–water partition coefficient (Wildman–Crippen LogP) is 3.90. The molecule has 0 amide bonds. The lowest BCUT2D eigenvalue weighted by Gasteiger charge is -2.35. The highest BCUT2D eigenvalue weighted by molar-refractivity contribution is 5.79. The molecule has 1 aromatic carbocycles. The highest BCUT2D eigenvalue weighted by atomic mass is 19.4. The molecule has 1 saturated heterocycles. The van der Waals surface area contributed by atoms with Gasteiger partial charge in [-0.05, 0) is 44.4 Å². The maximum Gasteiger partial charge on any atom is 0.417 e. The second kappa shape index (κ2) is 5.23. The Kier molecular flexibility index (Phi) is 3.83. The molecular formula is C14H16F3NO. The maximum absolute atomic E-state index is 12.9. The Labute approximate surface area is 110 Å². The number of anilines is 1. The van der Waals surface area contributed by atoms with Crippen LogP contribution < -0.4 is 4.90 Å². The Hall–Kier alpha value is -1.52. The first-order valence-corrected chi connectivity index (χ1v) is 6.36. The second-order valence-corrected chi connectivity index (χ2v) is 4.93. The molecule has 1 aliphatic heterocycles. The normalized spacial score (nSPS) is 20.4. The zero-order valence-corrected chi connectivity index (χ0v) is 10.7. The fraction of sp³-hybridized carbons (Fsp3) is 0.500. The van der Waals surface area contributed by atoms with Crippen LogP contribution in [0, 0.1) is 0 Å². The number of piperidine rings is 1. The van der Waals surface area contributed by atoms with Crippen molar-refractivity contribution in [2.24, 2.45) is 0 Å². The number of halogens is 3. The molecule has 0 radical (unpaired) electrons. The van der Waals surface area contributed by atoms with Gasteiger partial charge in [0, 0.05) is 23.8 Å². The van der Waals surface area contributed by atoms with Crippen molar-refractivity contribution in [2.45, 2.75) is 38.4 Å². The minimum Gasteiger partial charge on any atom is -0.369 e. The summed E-state index contributed by atoms with van der Waals surface area (Å²) in [5.74, 6) is 0. The zero-order valence-electron chi connectivity index (χ0n) is 10.7. The van der Waals surface area contributed by atoms with Crippen LogP contribution in [0.5, 0.6) is 0 Å². The van der Waals surface area contributed by atoms with E-state index in [0.29, 0.717) is 5.69 Å². The Morgan fingerprint density at radius 2 is 2.05 bits per heavy atom. The summed E-state index contributed by atoms with van der Waals surface area (Å²) in [5, 5.41) is 0. The molecule has 0 spiro atoms. The first-order chi connectivity index (χ1) is 8.93. The van der Waals surface area contributed by atoms with E-state index in [-0.39, 0.29) is 17.9 Å². The van der Waals surface area contributed by atoms with E-state index < -0.39 is 11.7 Å². The van der Waals surface area contributed by atoms with E-state index in [1.807, 2.05) is 11.8 Å². The SMILES string of the molecule is CC1CCCCN1c1ccc(C=O)c(C(F)(F)F)c1. The molecule has 1 aliphatic rings. The van der Waals surface area contributed by atoms with Gasteiger partial charge in [0.15, 0.2) is 6.29 Å². The van der Waals surface area contributed by atoms with Crippen LogP contribution in [0.4, 0.5) is 18.9 Å². The largest absolute Gasteiger partial charge is 0.417 e. The number of hydrogen-bond donors (Lipinski definition) is 0. The number of carbonyl (C=O) groups excluding carboxylic acids is 1. The number of aldehydes is 1. The number of carbonyl (C=O) groups is 1. The minimum atomic E-state index is -4.49. The van der Waals surface area contributed by atoms with E-state index in [0.717, 1.165) is 31.9 Å². The summed E-state index contributed by atoms with van der Waals surface area (Å²) in [6.45, 7) is 2.78. The standard InChI is InChI=1S/C14H16F3NO/c1-10-4-2-3-7-18(10)12-6-5-11(9-19)13(8-12)14(15,16)17/h5-6,8-10H,2-4,7H2,1H3. The third-order valence-electron chi connectivity index (χ3n) is 3.60. The second-order valence-electron chi connectivity index (χ2n) is 4.93. The fourth-order valence-electron chi connectivity index (χ4n) is 2.55. The smallest absolute Gasteiger partial charge is 0.369 e. The molecule has 19 heavy (non-hydrogen) atoms. The van der Waals surface area contributed by atoms with Gasteiger partial charge < -0.3 is 4.90 Å². The van der Waals surface area contributed by atoms with Crippen LogP contribution in [-0.2, 0) is 6.18 Å². The van der Waals surface area contributed by atoms with E-state index in [2.05, 4.69) is 0 Å². The summed E-state index contributed by atoms with van der Waals surface area (Å²) in [4.78, 5) is 12.7. The van der Waals surface area contributed by atoms with Gasteiger partial charge in [0.2, 0.25) is 0 Å². The lowest BCUT2D eigenvalue weighted by Crippen LogP contribution is -2.37. The zero-order chi connectivity index (χ0) is 14.0. The van der Waals surface area contributed by atoms with E-state index >= 15 is 0 Å². The minimum absolute atomic E-state index is 0.233. The third kappa shape index (κ3) is 2.91. The van der Waals surface area contributed by atoms with Crippen molar-refractivity contribution >= 4 is 12.0 Å². The molecule has 1 unspecified atom stereocenters. The molecule has 2 nitrogen and oxygen atoms in total. The van der Waals surface area contributed by atoms with E-state index in [1.54, 1.807) is 6.07 Å². The van der Waals surface area contributed by atoms with Crippen molar-refractivity contribution in [3.05, 3.63) is 29.3 Å². The fourth-order valence-corrected chi connectivity index (χ4v) is 2.55. The molecule has 1 heterocycles. The van der Waals surface area contributed by atoms with Crippen molar-refractivity contribution in [3.63, 3.8) is 0 Å². The van der Waals surface area contributed by atoms with E-state index in [1.165, 1.54) is 6.07 Å². The van der Waals surface area contributed by atoms with Crippen LogP contribution >= 0.6 is 0 Å². The average molecular weight is 271 g/mol. The molecule has 1 aromatic rings. The van der Waals surface area contributed by atoms with Crippen molar-refractivity contribution < 1.29 is 18.0 Å². The molecule has 0 saturated carbocycles. The van der Waals surface area contributed by atoms with Gasteiger partial charge in [-0.25, -0.2) is 0 Å². The summed E-state index contributed by atoms with van der Waals surface area (Å²) in [7, 11) is 0. The number of alkyl halides is 3. The number of hydrogen-bond acceptors (Lipinski definition) is 2. The molecule has 104 valence electrons. The molecule has 0 aromatic heterocycles. The van der Waals surface area contributed by atoms with Gasteiger partial charge in [0.05, 0.1) is 5.56 Å². The van der Waals surface area contributed by atoms with Crippen molar-refractivity contribution in [1.82, 2.24) is 0 Å². The van der Waals surface area contributed by atoms with Crippen LogP contribution in [0.1, 0.15) is 42.1 Å². The predicted molar refractivity (Wildman–Crippen MR) is 67.5 cm³/mol. The summed E-state index contributed by atoms with van der Waals surface area (Å²) in [6, 6.07) is 4.18. The van der Waals surface area contributed by atoms with Gasteiger partial charge in [-0.1, -0.05) is 0 Å². The lowest BCUT2D eigenvalue weighted by atomic mass is 10.0.